The van der Waals surface area contributed by atoms with Crippen molar-refractivity contribution in [3.63, 3.8) is 0 Å². The second kappa shape index (κ2) is 5.42. The average molecular weight is 284 g/mol. The minimum atomic E-state index is -0.576. The van der Waals surface area contributed by atoms with E-state index in [1.807, 2.05) is 12.1 Å². The zero-order chi connectivity index (χ0) is 15.6. The van der Waals surface area contributed by atoms with Crippen molar-refractivity contribution in [2.75, 3.05) is 7.11 Å². The molecule has 0 spiro atoms. The molecular formula is C15H16N4O2. The third kappa shape index (κ3) is 2.66. The van der Waals surface area contributed by atoms with Gasteiger partial charge in [-0.15, -0.1) is 0 Å². The van der Waals surface area contributed by atoms with E-state index in [4.69, 9.17) is 10.3 Å². The summed E-state index contributed by atoms with van der Waals surface area (Å²) < 4.78 is 4.71. The van der Waals surface area contributed by atoms with Crippen LogP contribution in [0.25, 0.3) is 21.3 Å². The number of azide groups is 1. The van der Waals surface area contributed by atoms with Crippen LogP contribution in [0.1, 0.15) is 36.7 Å². The molecule has 0 aliphatic carbocycles. The zero-order valence-electron chi connectivity index (χ0n) is 12.4. The minimum Gasteiger partial charge on any atom is -0.465 e. The van der Waals surface area contributed by atoms with Crippen molar-refractivity contribution in [1.29, 1.82) is 0 Å². The number of para-hydroxylation sites is 1. The van der Waals surface area contributed by atoms with Crippen LogP contribution in [0, 0.1) is 0 Å². The first-order chi connectivity index (χ1) is 9.90. The molecule has 6 nitrogen and oxygen atoms in total. The van der Waals surface area contributed by atoms with Gasteiger partial charge < -0.3 is 4.74 Å². The Kier molecular flexibility index (Phi) is 3.82. The van der Waals surface area contributed by atoms with Crippen molar-refractivity contribution >= 4 is 22.6 Å². The predicted molar refractivity (Wildman–Crippen MR) is 80.6 cm³/mol. The summed E-state index contributed by atoms with van der Waals surface area (Å²) in [4.78, 5) is 19.0. The number of hydrogen-bond acceptors (Lipinski definition) is 4. The molecule has 108 valence electrons. The summed E-state index contributed by atoms with van der Waals surface area (Å²) in [5, 5.41) is 4.31. The Morgan fingerprint density at radius 2 is 2.10 bits per heavy atom. The van der Waals surface area contributed by atoms with Gasteiger partial charge in [-0.1, -0.05) is 44.1 Å². The molecule has 1 aromatic heterocycles. The first kappa shape index (κ1) is 14.8. The summed E-state index contributed by atoms with van der Waals surface area (Å²) in [7, 11) is 1.28. The molecule has 0 aliphatic rings. The largest absolute Gasteiger partial charge is 0.465 e. The van der Waals surface area contributed by atoms with Crippen molar-refractivity contribution in [2.45, 2.75) is 26.2 Å². The van der Waals surface area contributed by atoms with Gasteiger partial charge in [0.25, 0.3) is 0 Å². The number of nitrogens with zero attached hydrogens (tertiary/aromatic N) is 4. The maximum absolute atomic E-state index is 11.8. The van der Waals surface area contributed by atoms with Crippen molar-refractivity contribution in [3.05, 3.63) is 46.0 Å². The summed E-state index contributed by atoms with van der Waals surface area (Å²) in [5.74, 6) is -0.576. The lowest BCUT2D eigenvalue weighted by Crippen LogP contribution is -2.12. The van der Waals surface area contributed by atoms with E-state index in [9.17, 15) is 4.79 Å². The van der Waals surface area contributed by atoms with E-state index in [0.29, 0.717) is 5.39 Å². The van der Waals surface area contributed by atoms with Gasteiger partial charge in [0.1, 0.15) is 0 Å². The summed E-state index contributed by atoms with van der Waals surface area (Å²) in [5.41, 5.74) is 10.8. The van der Waals surface area contributed by atoms with Crippen molar-refractivity contribution in [1.82, 2.24) is 4.98 Å². The van der Waals surface area contributed by atoms with E-state index in [0.717, 1.165) is 11.1 Å². The highest BCUT2D eigenvalue weighted by Gasteiger charge is 2.21. The molecule has 21 heavy (non-hydrogen) atoms. The number of benzene rings is 1. The van der Waals surface area contributed by atoms with Crippen molar-refractivity contribution in [2.24, 2.45) is 5.11 Å². The topological polar surface area (TPSA) is 88.0 Å². The first-order valence-corrected chi connectivity index (χ1v) is 6.45. The van der Waals surface area contributed by atoms with Gasteiger partial charge in [-0.3, -0.25) is 4.98 Å². The van der Waals surface area contributed by atoms with Gasteiger partial charge in [0.05, 0.1) is 23.9 Å². The molecule has 0 radical (unpaired) electrons. The number of rotatable bonds is 2. The van der Waals surface area contributed by atoms with Crippen LogP contribution in [0.5, 0.6) is 0 Å². The SMILES string of the molecule is COC(=O)c1cnc2c(C(C)(C)C)cccc2c1N=[N+]=[N-]. The molecule has 0 N–H and O–H groups in total. The van der Waals surface area contributed by atoms with Gasteiger partial charge in [-0.05, 0) is 16.5 Å². The molecule has 0 aliphatic heterocycles. The normalized spacial score (nSPS) is 11.0. The van der Waals surface area contributed by atoms with Crippen LogP contribution in [0.3, 0.4) is 0 Å². The van der Waals surface area contributed by atoms with Gasteiger partial charge in [0, 0.05) is 16.5 Å². The number of carbonyl (C=O) groups is 1. The number of carbonyl (C=O) groups excluding carboxylic acids is 1. The quantitative estimate of drug-likeness (QED) is 0.357. The van der Waals surface area contributed by atoms with Gasteiger partial charge in [0.15, 0.2) is 0 Å². The smallest absolute Gasteiger partial charge is 0.339 e. The predicted octanol–water partition coefficient (Wildman–Crippen LogP) is 4.26. The number of esters is 1. The highest BCUT2D eigenvalue weighted by Crippen LogP contribution is 2.35. The highest BCUT2D eigenvalue weighted by molar-refractivity contribution is 6.04. The monoisotopic (exact) mass is 284 g/mol. The number of aromatic nitrogens is 1. The molecule has 2 rings (SSSR count). The molecule has 0 fully saturated rings. The Hall–Kier alpha value is -2.59. The van der Waals surface area contributed by atoms with Gasteiger partial charge in [-0.25, -0.2) is 4.79 Å². The number of ether oxygens (including phenoxy) is 1. The van der Waals surface area contributed by atoms with E-state index in [2.05, 4.69) is 35.8 Å². The van der Waals surface area contributed by atoms with Gasteiger partial charge in [0.2, 0.25) is 0 Å². The van der Waals surface area contributed by atoms with Crippen LogP contribution >= 0.6 is 0 Å². The molecule has 0 amide bonds. The Morgan fingerprint density at radius 1 is 1.38 bits per heavy atom. The molecule has 0 bridgehead atoms. The van der Waals surface area contributed by atoms with Crippen LogP contribution in [0.4, 0.5) is 5.69 Å². The third-order valence-corrected chi connectivity index (χ3v) is 3.23. The van der Waals surface area contributed by atoms with Crippen LogP contribution in [0.2, 0.25) is 0 Å². The Labute approximate surface area is 122 Å². The lowest BCUT2D eigenvalue weighted by atomic mass is 9.85. The standard InChI is InChI=1S/C15H16N4O2/c1-15(2,3)11-7-5-6-9-12(18-19-16)10(14(20)21-4)8-17-13(9)11/h5-8H,1-4H3. The maximum atomic E-state index is 11.8. The van der Waals surface area contributed by atoms with E-state index in [-0.39, 0.29) is 16.7 Å². The zero-order valence-corrected chi connectivity index (χ0v) is 12.4. The van der Waals surface area contributed by atoms with Crippen molar-refractivity contribution in [3.8, 4) is 0 Å². The van der Waals surface area contributed by atoms with E-state index in [1.54, 1.807) is 6.07 Å². The van der Waals surface area contributed by atoms with Crippen LogP contribution in [0.15, 0.2) is 29.5 Å². The lowest BCUT2D eigenvalue weighted by Gasteiger charge is -2.21. The van der Waals surface area contributed by atoms with Crippen molar-refractivity contribution < 1.29 is 9.53 Å². The molecule has 6 heteroatoms. The fourth-order valence-corrected chi connectivity index (χ4v) is 2.23. The van der Waals surface area contributed by atoms with E-state index in [1.165, 1.54) is 13.3 Å². The molecule has 0 saturated heterocycles. The Balaban J connectivity index is 2.89. The third-order valence-electron chi connectivity index (χ3n) is 3.23. The second-order valence-corrected chi connectivity index (χ2v) is 5.65. The summed E-state index contributed by atoms with van der Waals surface area (Å²) >= 11 is 0. The molecule has 2 aromatic rings. The number of methoxy groups -OCH3 is 1. The fraction of sp³-hybridized carbons (Fsp3) is 0.333. The average Bonchev–Trinajstić information content (AvgIpc) is 2.45. The summed E-state index contributed by atoms with van der Waals surface area (Å²) in [6.07, 6.45) is 1.40. The molecule has 0 saturated carbocycles. The van der Waals surface area contributed by atoms with E-state index < -0.39 is 5.97 Å². The van der Waals surface area contributed by atoms with Crippen LogP contribution in [-0.2, 0) is 10.2 Å². The van der Waals surface area contributed by atoms with E-state index >= 15 is 0 Å². The molecule has 1 aromatic carbocycles. The summed E-state index contributed by atoms with van der Waals surface area (Å²) in [6.45, 7) is 6.22. The van der Waals surface area contributed by atoms with Crippen LogP contribution in [-0.4, -0.2) is 18.1 Å². The number of fused-ring (bicyclic) bond motifs is 1. The summed E-state index contributed by atoms with van der Waals surface area (Å²) in [6, 6.07) is 5.63. The molecular weight excluding hydrogens is 268 g/mol. The second-order valence-electron chi connectivity index (χ2n) is 5.65. The first-order valence-electron chi connectivity index (χ1n) is 6.45. The Morgan fingerprint density at radius 3 is 2.67 bits per heavy atom. The fourth-order valence-electron chi connectivity index (χ4n) is 2.23. The van der Waals surface area contributed by atoms with Gasteiger partial charge >= 0.3 is 5.97 Å². The van der Waals surface area contributed by atoms with Crippen LogP contribution < -0.4 is 0 Å². The van der Waals surface area contributed by atoms with Gasteiger partial charge in [-0.2, -0.15) is 0 Å². The molecule has 0 atom stereocenters. The molecule has 0 unspecified atom stereocenters. The lowest BCUT2D eigenvalue weighted by molar-refractivity contribution is 0.0601. The molecule has 1 heterocycles. The Bertz CT molecular complexity index is 756. The minimum absolute atomic E-state index is 0.118. The number of pyridine rings is 1. The maximum Gasteiger partial charge on any atom is 0.339 e. The highest BCUT2D eigenvalue weighted by atomic mass is 16.5. The number of hydrogen-bond donors (Lipinski definition) is 0.